The third-order valence-electron chi connectivity index (χ3n) is 2.67. The normalized spacial score (nSPS) is 11.6. The van der Waals surface area contributed by atoms with E-state index in [2.05, 4.69) is 25.8 Å². The minimum atomic E-state index is -0.353. The summed E-state index contributed by atoms with van der Waals surface area (Å²) < 4.78 is 18.3. The van der Waals surface area contributed by atoms with Gasteiger partial charge < -0.3 is 4.74 Å². The van der Waals surface area contributed by atoms with Crippen LogP contribution in [0.4, 0.5) is 4.39 Å². The fourth-order valence-electron chi connectivity index (χ4n) is 1.54. The summed E-state index contributed by atoms with van der Waals surface area (Å²) in [7, 11) is 1.46. The second kappa shape index (κ2) is 4.69. The van der Waals surface area contributed by atoms with Crippen molar-refractivity contribution < 1.29 is 9.13 Å². The Kier molecular flexibility index (Phi) is 3.39. The molecule has 0 amide bonds. The molecule has 2 aromatic rings. The molecule has 4 heteroatoms. The van der Waals surface area contributed by atoms with Crippen molar-refractivity contribution in [2.24, 2.45) is 0 Å². The first-order valence-corrected chi connectivity index (χ1v) is 6.59. The second-order valence-corrected chi connectivity index (χ2v) is 6.00. The molecule has 0 atom stereocenters. The number of hydrogen-bond donors (Lipinski definition) is 0. The summed E-state index contributed by atoms with van der Waals surface area (Å²) in [5.41, 5.74) is 1.96. The lowest BCUT2D eigenvalue weighted by atomic mass is 9.93. The lowest BCUT2D eigenvalue weighted by molar-refractivity contribution is 0.387. The van der Waals surface area contributed by atoms with Crippen LogP contribution in [-0.2, 0) is 5.41 Å². The van der Waals surface area contributed by atoms with Gasteiger partial charge in [-0.1, -0.05) is 20.8 Å². The first-order valence-electron chi connectivity index (χ1n) is 5.72. The Hall–Kier alpha value is -1.42. The van der Waals surface area contributed by atoms with Crippen molar-refractivity contribution in [3.8, 4) is 16.3 Å². The van der Waals surface area contributed by atoms with Crippen LogP contribution < -0.4 is 4.74 Å². The maximum Gasteiger partial charge on any atom is 0.165 e. The van der Waals surface area contributed by atoms with Crippen molar-refractivity contribution in [1.29, 1.82) is 0 Å². The maximum atomic E-state index is 13.3. The van der Waals surface area contributed by atoms with Crippen molar-refractivity contribution in [1.82, 2.24) is 4.98 Å². The van der Waals surface area contributed by atoms with Gasteiger partial charge in [-0.05, 0) is 18.2 Å². The Morgan fingerprint density at radius 1 is 1.28 bits per heavy atom. The van der Waals surface area contributed by atoms with Gasteiger partial charge in [-0.15, -0.1) is 11.3 Å². The standard InChI is InChI=1S/C14H16FNOS/c1-14(2,3)12-8-18-13(16-12)9-5-6-10(15)11(7-9)17-4/h5-8H,1-4H3. The van der Waals surface area contributed by atoms with Gasteiger partial charge in [-0.25, -0.2) is 9.37 Å². The SMILES string of the molecule is COc1cc(-c2nc(C(C)(C)C)cs2)ccc1F. The molecule has 0 spiro atoms. The van der Waals surface area contributed by atoms with Crippen molar-refractivity contribution >= 4 is 11.3 Å². The van der Waals surface area contributed by atoms with E-state index < -0.39 is 0 Å². The van der Waals surface area contributed by atoms with Gasteiger partial charge in [-0.2, -0.15) is 0 Å². The zero-order valence-corrected chi connectivity index (χ0v) is 11.8. The summed E-state index contributed by atoms with van der Waals surface area (Å²) in [5, 5.41) is 2.93. The van der Waals surface area contributed by atoms with E-state index in [1.165, 1.54) is 13.2 Å². The van der Waals surface area contributed by atoms with Crippen LogP contribution >= 0.6 is 11.3 Å². The summed E-state index contributed by atoms with van der Waals surface area (Å²) in [4.78, 5) is 4.60. The van der Waals surface area contributed by atoms with Crippen LogP contribution in [0.2, 0.25) is 0 Å². The number of rotatable bonds is 2. The fraction of sp³-hybridized carbons (Fsp3) is 0.357. The van der Waals surface area contributed by atoms with Crippen LogP contribution in [0.15, 0.2) is 23.6 Å². The molecule has 0 aliphatic heterocycles. The van der Waals surface area contributed by atoms with Crippen molar-refractivity contribution in [3.63, 3.8) is 0 Å². The number of hydrogen-bond acceptors (Lipinski definition) is 3. The molecule has 96 valence electrons. The molecule has 1 aromatic heterocycles. The third kappa shape index (κ3) is 2.53. The molecular weight excluding hydrogens is 249 g/mol. The molecule has 0 saturated heterocycles. The summed E-state index contributed by atoms with van der Waals surface area (Å²) in [5.74, 6) is -0.103. The van der Waals surface area contributed by atoms with Gasteiger partial charge >= 0.3 is 0 Å². The van der Waals surface area contributed by atoms with Crippen LogP contribution in [0.1, 0.15) is 26.5 Å². The highest BCUT2D eigenvalue weighted by molar-refractivity contribution is 7.13. The quantitative estimate of drug-likeness (QED) is 0.809. The molecule has 0 bridgehead atoms. The zero-order chi connectivity index (χ0) is 13.3. The van der Waals surface area contributed by atoms with Gasteiger partial charge in [0.2, 0.25) is 0 Å². The average Bonchev–Trinajstić information content (AvgIpc) is 2.78. The van der Waals surface area contributed by atoms with E-state index in [9.17, 15) is 4.39 Å². The van der Waals surface area contributed by atoms with Crippen molar-refractivity contribution in [2.75, 3.05) is 7.11 Å². The molecule has 1 heterocycles. The van der Waals surface area contributed by atoms with Crippen LogP contribution in [0.3, 0.4) is 0 Å². The van der Waals surface area contributed by atoms with Gasteiger partial charge in [0.05, 0.1) is 12.8 Å². The van der Waals surface area contributed by atoms with E-state index in [-0.39, 0.29) is 17.0 Å². The molecule has 0 aliphatic carbocycles. The number of methoxy groups -OCH3 is 1. The Morgan fingerprint density at radius 3 is 2.56 bits per heavy atom. The van der Waals surface area contributed by atoms with E-state index in [4.69, 9.17) is 4.74 Å². The summed E-state index contributed by atoms with van der Waals surface area (Å²) in [6.07, 6.45) is 0. The number of halogens is 1. The molecule has 0 N–H and O–H groups in total. The van der Waals surface area contributed by atoms with E-state index in [1.807, 2.05) is 5.38 Å². The van der Waals surface area contributed by atoms with Gasteiger partial charge in [-0.3, -0.25) is 0 Å². The largest absolute Gasteiger partial charge is 0.494 e. The highest BCUT2D eigenvalue weighted by atomic mass is 32.1. The average molecular weight is 265 g/mol. The Bertz CT molecular complexity index is 557. The summed E-state index contributed by atoms with van der Waals surface area (Å²) in [6, 6.07) is 4.82. The smallest absolute Gasteiger partial charge is 0.165 e. The maximum absolute atomic E-state index is 13.3. The van der Waals surface area contributed by atoms with E-state index in [0.717, 1.165) is 16.3 Å². The van der Waals surface area contributed by atoms with Gasteiger partial charge in [0.15, 0.2) is 11.6 Å². The molecule has 2 rings (SSSR count). The highest BCUT2D eigenvalue weighted by Gasteiger charge is 2.18. The fourth-order valence-corrected chi connectivity index (χ4v) is 2.59. The molecule has 0 unspecified atom stereocenters. The summed E-state index contributed by atoms with van der Waals surface area (Å²) in [6.45, 7) is 6.37. The van der Waals surface area contributed by atoms with Crippen molar-refractivity contribution in [3.05, 3.63) is 35.1 Å². The van der Waals surface area contributed by atoms with Gasteiger partial charge in [0.1, 0.15) is 5.01 Å². The molecular formula is C14H16FNOS. The minimum absolute atomic E-state index is 0.0267. The molecule has 1 aromatic carbocycles. The number of ether oxygens (including phenoxy) is 1. The Morgan fingerprint density at radius 2 is 2.00 bits per heavy atom. The van der Waals surface area contributed by atoms with Crippen LogP contribution in [0.5, 0.6) is 5.75 Å². The lowest BCUT2D eigenvalue weighted by Gasteiger charge is -2.14. The number of benzene rings is 1. The second-order valence-electron chi connectivity index (χ2n) is 5.14. The number of aromatic nitrogens is 1. The monoisotopic (exact) mass is 265 g/mol. The van der Waals surface area contributed by atoms with E-state index in [1.54, 1.807) is 23.5 Å². The zero-order valence-electron chi connectivity index (χ0n) is 11.0. The van der Waals surface area contributed by atoms with E-state index in [0.29, 0.717) is 0 Å². The molecule has 0 radical (unpaired) electrons. The lowest BCUT2D eigenvalue weighted by Crippen LogP contribution is -2.11. The minimum Gasteiger partial charge on any atom is -0.494 e. The van der Waals surface area contributed by atoms with Gasteiger partial charge in [0.25, 0.3) is 0 Å². The first-order chi connectivity index (χ1) is 8.41. The van der Waals surface area contributed by atoms with Crippen LogP contribution in [0.25, 0.3) is 10.6 Å². The number of thiazole rings is 1. The first kappa shape index (κ1) is 13.0. The molecule has 0 saturated carbocycles. The van der Waals surface area contributed by atoms with Gasteiger partial charge in [0, 0.05) is 16.4 Å². The van der Waals surface area contributed by atoms with Crippen LogP contribution in [0, 0.1) is 5.82 Å². The predicted octanol–water partition coefficient (Wildman–Crippen LogP) is 4.26. The molecule has 0 aliphatic rings. The number of nitrogens with zero attached hydrogens (tertiary/aromatic N) is 1. The van der Waals surface area contributed by atoms with Crippen molar-refractivity contribution in [2.45, 2.75) is 26.2 Å². The Labute approximate surface area is 110 Å². The van der Waals surface area contributed by atoms with Crippen LogP contribution in [-0.4, -0.2) is 12.1 Å². The topological polar surface area (TPSA) is 22.1 Å². The Balaban J connectivity index is 2.40. The summed E-state index contributed by atoms with van der Waals surface area (Å²) >= 11 is 1.57. The van der Waals surface area contributed by atoms with E-state index >= 15 is 0 Å². The molecule has 2 nitrogen and oxygen atoms in total. The predicted molar refractivity (Wildman–Crippen MR) is 72.8 cm³/mol. The highest BCUT2D eigenvalue weighted by Crippen LogP contribution is 2.32. The third-order valence-corrected chi connectivity index (χ3v) is 3.56. The molecule has 0 fully saturated rings. The molecule has 18 heavy (non-hydrogen) atoms.